The molecule has 36 heavy (non-hydrogen) atoms. The first-order valence-electron chi connectivity index (χ1n) is 13.9. The topological polar surface area (TPSA) is 72.3 Å². The van der Waals surface area contributed by atoms with Crippen LogP contribution in [0.2, 0.25) is 0 Å². The van der Waals surface area contributed by atoms with Crippen molar-refractivity contribution < 1.29 is 23.4 Å². The normalized spacial score (nSPS) is 19.6. The first kappa shape index (κ1) is 29.9. The molecule has 1 aromatic rings. The first-order chi connectivity index (χ1) is 17.4. The highest BCUT2D eigenvalue weighted by molar-refractivity contribution is 5.76. The molecular formula is C29H44F2N2O3. The molecule has 0 saturated carbocycles. The third-order valence-corrected chi connectivity index (χ3v) is 6.78. The standard InChI is InChI=1S/C29H44F2N2O3/c1-3-5-7-9-11-13-15-17-23-21-32-28(33-22-23)29(31)24(27(34)35)18-19-25(26(29)30)36-20-16-14-12-10-8-6-4-2/h18-19,21-22,24H,3-17,20H2,1-2H3,(H,34,35). The molecule has 1 heterocycles. The van der Waals surface area contributed by atoms with Crippen molar-refractivity contribution >= 4 is 5.97 Å². The Bertz CT molecular complexity index is 841. The number of hydrogen-bond donors (Lipinski definition) is 1. The van der Waals surface area contributed by atoms with Gasteiger partial charge in [0.15, 0.2) is 17.4 Å². The largest absolute Gasteiger partial charge is 0.491 e. The van der Waals surface area contributed by atoms with Gasteiger partial charge in [0.25, 0.3) is 0 Å². The van der Waals surface area contributed by atoms with Crippen molar-refractivity contribution in [2.45, 2.75) is 116 Å². The molecule has 0 saturated heterocycles. The summed E-state index contributed by atoms with van der Waals surface area (Å²) in [4.78, 5) is 19.9. The summed E-state index contributed by atoms with van der Waals surface area (Å²) in [5.74, 6) is -5.29. The van der Waals surface area contributed by atoms with Gasteiger partial charge in [-0.1, -0.05) is 97.0 Å². The predicted molar refractivity (Wildman–Crippen MR) is 139 cm³/mol. The van der Waals surface area contributed by atoms with Gasteiger partial charge in [-0.15, -0.1) is 0 Å². The molecule has 1 aromatic heterocycles. The van der Waals surface area contributed by atoms with Crippen molar-refractivity contribution in [2.75, 3.05) is 6.61 Å². The molecule has 5 nitrogen and oxygen atoms in total. The number of carbonyl (C=O) groups is 1. The Labute approximate surface area is 215 Å². The minimum atomic E-state index is -3.01. The summed E-state index contributed by atoms with van der Waals surface area (Å²) in [6, 6.07) is 0. The molecule has 2 atom stereocenters. The van der Waals surface area contributed by atoms with Crippen LogP contribution in [0.25, 0.3) is 0 Å². The fraction of sp³-hybridized carbons (Fsp3) is 0.690. The van der Waals surface area contributed by atoms with E-state index in [1.54, 1.807) is 0 Å². The number of aliphatic carboxylic acids is 1. The fourth-order valence-electron chi connectivity index (χ4n) is 4.51. The molecule has 0 aromatic carbocycles. The van der Waals surface area contributed by atoms with E-state index in [-0.39, 0.29) is 12.4 Å². The minimum Gasteiger partial charge on any atom is -0.491 e. The predicted octanol–water partition coefficient (Wildman–Crippen LogP) is 8.15. The number of rotatable bonds is 19. The van der Waals surface area contributed by atoms with E-state index in [1.165, 1.54) is 69.8 Å². The molecule has 2 rings (SSSR count). The van der Waals surface area contributed by atoms with Gasteiger partial charge in [0, 0.05) is 12.4 Å². The zero-order valence-electron chi connectivity index (χ0n) is 22.1. The summed E-state index contributed by atoms with van der Waals surface area (Å²) in [6.07, 6.45) is 21.8. The van der Waals surface area contributed by atoms with Gasteiger partial charge in [-0.25, -0.2) is 18.7 Å². The molecule has 0 bridgehead atoms. The van der Waals surface area contributed by atoms with Crippen LogP contribution in [-0.2, 0) is 21.6 Å². The quantitative estimate of drug-likeness (QED) is 0.192. The SMILES string of the molecule is CCCCCCCCCOC1=C(F)C(F)(c2ncc(CCCCCCCCC)cn2)C(C(=O)O)C=C1. The number of aromatic nitrogens is 2. The first-order valence-corrected chi connectivity index (χ1v) is 13.9. The third-order valence-electron chi connectivity index (χ3n) is 6.78. The lowest BCUT2D eigenvalue weighted by atomic mass is 9.83. The van der Waals surface area contributed by atoms with Crippen LogP contribution in [0, 0.1) is 5.92 Å². The van der Waals surface area contributed by atoms with Crippen molar-refractivity contribution in [3.63, 3.8) is 0 Å². The summed E-state index contributed by atoms with van der Waals surface area (Å²) in [5.41, 5.74) is -2.18. The second kappa shape index (κ2) is 16.4. The summed E-state index contributed by atoms with van der Waals surface area (Å²) >= 11 is 0. The van der Waals surface area contributed by atoms with Gasteiger partial charge in [0.1, 0.15) is 5.92 Å². The molecule has 202 valence electrons. The number of carboxylic acid groups (broad SMARTS) is 1. The van der Waals surface area contributed by atoms with E-state index >= 15 is 8.78 Å². The number of allylic oxidation sites excluding steroid dienone is 2. The van der Waals surface area contributed by atoms with E-state index in [1.807, 2.05) is 0 Å². The molecule has 0 amide bonds. The lowest BCUT2D eigenvalue weighted by Crippen LogP contribution is -2.39. The second-order valence-electron chi connectivity index (χ2n) is 9.82. The molecule has 2 unspecified atom stereocenters. The maximum Gasteiger partial charge on any atom is 0.314 e. The summed E-state index contributed by atoms with van der Waals surface area (Å²) in [6.45, 7) is 4.61. The monoisotopic (exact) mass is 506 g/mol. The fourth-order valence-corrected chi connectivity index (χ4v) is 4.51. The number of carboxylic acids is 1. The Morgan fingerprint density at radius 1 is 0.917 bits per heavy atom. The minimum absolute atomic E-state index is 0.243. The van der Waals surface area contributed by atoms with Crippen LogP contribution in [0.5, 0.6) is 0 Å². The molecule has 0 fully saturated rings. The molecule has 0 radical (unpaired) electrons. The third kappa shape index (κ3) is 8.97. The van der Waals surface area contributed by atoms with Crippen LogP contribution in [-0.4, -0.2) is 27.7 Å². The Balaban J connectivity index is 1.97. The Kier molecular flexibility index (Phi) is 13.7. The smallest absolute Gasteiger partial charge is 0.314 e. The second-order valence-corrected chi connectivity index (χ2v) is 9.82. The highest BCUT2D eigenvalue weighted by atomic mass is 19.2. The van der Waals surface area contributed by atoms with Crippen molar-refractivity contribution in [3.8, 4) is 0 Å². The summed E-state index contributed by atoms with van der Waals surface area (Å²) in [7, 11) is 0. The molecule has 7 heteroatoms. The van der Waals surface area contributed by atoms with Crippen LogP contribution < -0.4 is 0 Å². The maximum atomic E-state index is 16.1. The van der Waals surface area contributed by atoms with E-state index in [0.717, 1.165) is 56.6 Å². The van der Waals surface area contributed by atoms with Crippen molar-refractivity contribution in [2.24, 2.45) is 5.92 Å². The van der Waals surface area contributed by atoms with Crippen LogP contribution in [0.4, 0.5) is 8.78 Å². The Morgan fingerprint density at radius 3 is 2.00 bits per heavy atom. The van der Waals surface area contributed by atoms with E-state index in [4.69, 9.17) is 4.74 Å². The van der Waals surface area contributed by atoms with Crippen molar-refractivity contribution in [1.29, 1.82) is 0 Å². The number of hydrogen-bond acceptors (Lipinski definition) is 4. The Hall–Kier alpha value is -2.31. The number of aryl methyl sites for hydroxylation is 1. The van der Waals surface area contributed by atoms with Crippen LogP contribution in [0.1, 0.15) is 115 Å². The average molecular weight is 507 g/mol. The van der Waals surface area contributed by atoms with Gasteiger partial charge in [-0.3, -0.25) is 4.79 Å². The molecule has 1 aliphatic rings. The number of nitrogens with zero attached hydrogens (tertiary/aromatic N) is 2. The molecule has 0 aliphatic heterocycles. The number of ether oxygens (including phenoxy) is 1. The maximum absolute atomic E-state index is 16.1. The highest BCUT2D eigenvalue weighted by Crippen LogP contribution is 2.45. The van der Waals surface area contributed by atoms with E-state index < -0.39 is 29.2 Å². The lowest BCUT2D eigenvalue weighted by molar-refractivity contribution is -0.145. The zero-order chi connectivity index (χ0) is 26.2. The lowest BCUT2D eigenvalue weighted by Gasteiger charge is -2.30. The summed E-state index contributed by atoms with van der Waals surface area (Å²) < 4.78 is 37.0. The zero-order valence-corrected chi connectivity index (χ0v) is 22.1. The number of alkyl halides is 1. The molecule has 1 aliphatic carbocycles. The molecule has 0 spiro atoms. The van der Waals surface area contributed by atoms with Gasteiger partial charge in [0.2, 0.25) is 5.67 Å². The van der Waals surface area contributed by atoms with Crippen LogP contribution in [0.15, 0.2) is 36.1 Å². The van der Waals surface area contributed by atoms with Gasteiger partial charge in [-0.05, 0) is 30.9 Å². The van der Waals surface area contributed by atoms with E-state index in [9.17, 15) is 9.90 Å². The highest BCUT2D eigenvalue weighted by Gasteiger charge is 2.54. The molecule has 1 N–H and O–H groups in total. The number of unbranched alkanes of at least 4 members (excludes halogenated alkanes) is 12. The van der Waals surface area contributed by atoms with E-state index in [0.29, 0.717) is 0 Å². The van der Waals surface area contributed by atoms with Crippen LogP contribution in [0.3, 0.4) is 0 Å². The van der Waals surface area contributed by atoms with Crippen molar-refractivity contribution in [1.82, 2.24) is 9.97 Å². The van der Waals surface area contributed by atoms with E-state index in [2.05, 4.69) is 23.8 Å². The average Bonchev–Trinajstić information content (AvgIpc) is 2.87. The van der Waals surface area contributed by atoms with Crippen LogP contribution >= 0.6 is 0 Å². The number of halogens is 2. The van der Waals surface area contributed by atoms with Crippen molar-refractivity contribution in [3.05, 3.63) is 47.5 Å². The van der Waals surface area contributed by atoms with Gasteiger partial charge < -0.3 is 9.84 Å². The molecular weight excluding hydrogens is 462 g/mol. The summed E-state index contributed by atoms with van der Waals surface area (Å²) in [5, 5.41) is 9.57. The van der Waals surface area contributed by atoms with Gasteiger partial charge in [0.05, 0.1) is 6.61 Å². The Morgan fingerprint density at radius 2 is 1.44 bits per heavy atom. The van der Waals surface area contributed by atoms with Gasteiger partial charge >= 0.3 is 5.97 Å². The van der Waals surface area contributed by atoms with Gasteiger partial charge in [-0.2, -0.15) is 0 Å².